The van der Waals surface area contributed by atoms with Crippen molar-refractivity contribution in [2.45, 2.75) is 78.2 Å². The summed E-state index contributed by atoms with van der Waals surface area (Å²) in [6.07, 6.45) is 2.77. The summed E-state index contributed by atoms with van der Waals surface area (Å²) in [5.41, 5.74) is 0.581. The van der Waals surface area contributed by atoms with E-state index in [1.165, 1.54) is 24.9 Å². The Morgan fingerprint density at radius 2 is 1.64 bits per heavy atom. The van der Waals surface area contributed by atoms with E-state index in [4.69, 9.17) is 13.9 Å². The van der Waals surface area contributed by atoms with Gasteiger partial charge in [-0.1, -0.05) is 0 Å². The Kier molecular flexibility index (Phi) is 10.2. The minimum atomic E-state index is -4.51. The fraction of sp³-hybridized carbons (Fsp3) is 0.457. The van der Waals surface area contributed by atoms with Gasteiger partial charge >= 0.3 is 18.2 Å². The largest absolute Gasteiger partial charge is 0.460 e. The number of rotatable bonds is 8. The van der Waals surface area contributed by atoms with Crippen molar-refractivity contribution in [1.29, 1.82) is 0 Å². The van der Waals surface area contributed by atoms with Gasteiger partial charge < -0.3 is 18.8 Å². The molecule has 4 aromatic rings. The predicted molar refractivity (Wildman–Crippen MR) is 177 cm³/mol. The van der Waals surface area contributed by atoms with Gasteiger partial charge in [-0.25, -0.2) is 14.8 Å². The van der Waals surface area contributed by atoms with Gasteiger partial charge in [-0.15, -0.1) is 0 Å². The highest BCUT2D eigenvalue weighted by Crippen LogP contribution is 2.40. The first-order valence-electron chi connectivity index (χ1n) is 16.0. The Morgan fingerprint density at radius 3 is 2.30 bits per heavy atom. The third kappa shape index (κ3) is 9.12. The molecule has 0 spiro atoms. The van der Waals surface area contributed by atoms with Crippen molar-refractivity contribution in [3.05, 3.63) is 60.6 Å². The van der Waals surface area contributed by atoms with Gasteiger partial charge in [-0.05, 0) is 66.0 Å². The Labute approximate surface area is 286 Å². The van der Waals surface area contributed by atoms with Crippen LogP contribution < -0.4 is 10.2 Å². The van der Waals surface area contributed by atoms with Crippen LogP contribution in [0.4, 0.5) is 29.5 Å². The van der Waals surface area contributed by atoms with Crippen molar-refractivity contribution < 1.29 is 41.4 Å². The number of aromatic nitrogens is 4. The molecule has 12 nitrogen and oxygen atoms in total. The maximum absolute atomic E-state index is 14.2. The van der Waals surface area contributed by atoms with Crippen molar-refractivity contribution in [3.8, 4) is 11.1 Å². The average Bonchev–Trinajstić information content (AvgIpc) is 3.36. The van der Waals surface area contributed by atoms with Crippen molar-refractivity contribution in [2.75, 3.05) is 23.3 Å². The lowest BCUT2D eigenvalue weighted by Crippen LogP contribution is -2.47. The van der Waals surface area contributed by atoms with Crippen molar-refractivity contribution >= 4 is 40.5 Å². The lowest BCUT2D eigenvalue weighted by Gasteiger charge is -2.40. The summed E-state index contributed by atoms with van der Waals surface area (Å²) in [4.78, 5) is 57.8. The van der Waals surface area contributed by atoms with Crippen molar-refractivity contribution in [3.63, 3.8) is 0 Å². The number of fused-ring (bicyclic) bond motifs is 1. The number of amides is 1. The maximum Gasteiger partial charge on any atom is 0.414 e. The third-order valence-electron chi connectivity index (χ3n) is 7.76. The van der Waals surface area contributed by atoms with Crippen molar-refractivity contribution in [2.24, 2.45) is 11.8 Å². The summed E-state index contributed by atoms with van der Waals surface area (Å²) >= 11 is 0. The number of piperidine rings is 1. The summed E-state index contributed by atoms with van der Waals surface area (Å²) in [5.74, 6) is -3.69. The summed E-state index contributed by atoms with van der Waals surface area (Å²) in [6, 6.07) is 3.18. The molecule has 2 atom stereocenters. The van der Waals surface area contributed by atoms with Gasteiger partial charge in [0.15, 0.2) is 11.4 Å². The summed E-state index contributed by atoms with van der Waals surface area (Å²) in [6.45, 7) is 9.89. The number of carbonyl (C=O) groups is 3. The van der Waals surface area contributed by atoms with Gasteiger partial charge in [-0.3, -0.25) is 24.9 Å². The highest BCUT2D eigenvalue weighted by atomic mass is 19.4. The van der Waals surface area contributed by atoms with Crippen LogP contribution in [0.15, 0.2) is 53.9 Å². The number of ketones is 1. The average molecular weight is 697 g/mol. The number of anilines is 2. The Balaban J connectivity index is 1.48. The second-order valence-corrected chi connectivity index (χ2v) is 14.3. The monoisotopic (exact) mass is 696 g/mol. The lowest BCUT2D eigenvalue weighted by molar-refractivity contribution is -0.181. The zero-order valence-electron chi connectivity index (χ0n) is 28.6. The predicted octanol–water partition coefficient (Wildman–Crippen LogP) is 7.19. The smallest absolute Gasteiger partial charge is 0.414 e. The molecule has 50 heavy (non-hydrogen) atoms. The highest BCUT2D eigenvalue weighted by molar-refractivity contribution is 6.13. The van der Waals surface area contributed by atoms with E-state index in [2.05, 4.69) is 25.3 Å². The van der Waals surface area contributed by atoms with Crippen LogP contribution in [0.1, 0.15) is 70.3 Å². The topological polar surface area (TPSA) is 150 Å². The zero-order valence-corrected chi connectivity index (χ0v) is 28.6. The van der Waals surface area contributed by atoms with E-state index in [-0.39, 0.29) is 54.9 Å². The summed E-state index contributed by atoms with van der Waals surface area (Å²) < 4.78 is 59.2. The van der Waals surface area contributed by atoms with Crippen LogP contribution in [0.3, 0.4) is 0 Å². The molecule has 0 radical (unpaired) electrons. The molecular weight excluding hydrogens is 657 g/mol. The molecule has 4 aromatic heterocycles. The number of nitrogens with one attached hydrogen (secondary N) is 1. The Bertz CT molecular complexity index is 1870. The first-order chi connectivity index (χ1) is 23.4. The van der Waals surface area contributed by atoms with E-state index in [9.17, 15) is 27.6 Å². The molecule has 0 saturated carbocycles. The standard InChI is InChI=1S/C35H39F3N6O6/c1-33(2,3)49-28(46)10-20-9-24(35(36,37)38)18-44(17-20)25-7-8-39-13-22(25)11-26(45)29-30-27(48-31(29)43-32(47)50-34(4,5)6)12-21(16-42-30)23-14-40-19-41-15-23/h7-8,12-16,19-20,24H,9-11,17-18H2,1-6H3,(H,43,47)/t20-,24-/m1/s1. The Morgan fingerprint density at radius 1 is 0.940 bits per heavy atom. The van der Waals surface area contributed by atoms with Crippen LogP contribution in [0, 0.1) is 11.8 Å². The van der Waals surface area contributed by atoms with Crippen LogP contribution in [0.2, 0.25) is 0 Å². The fourth-order valence-electron chi connectivity index (χ4n) is 5.86. The van der Waals surface area contributed by atoms with Gasteiger partial charge in [0.25, 0.3) is 0 Å². The van der Waals surface area contributed by atoms with Crippen LogP contribution in [0.25, 0.3) is 22.2 Å². The van der Waals surface area contributed by atoms with Crippen LogP contribution in [-0.2, 0) is 20.7 Å². The van der Waals surface area contributed by atoms with Crippen LogP contribution in [-0.4, -0.2) is 68.2 Å². The molecule has 5 rings (SSSR count). The van der Waals surface area contributed by atoms with E-state index < -0.39 is 47.1 Å². The normalized spacial score (nSPS) is 17.0. The van der Waals surface area contributed by atoms with Gasteiger partial charge in [0, 0.05) is 72.9 Å². The molecule has 0 unspecified atom stereocenters. The number of carbonyl (C=O) groups excluding carboxylic acids is 3. The SMILES string of the molecule is CC(C)(C)OC(=O)C[C@H]1C[C@@H](C(F)(F)F)CN(c2ccncc2CC(=O)c2c(NC(=O)OC(C)(C)C)oc3cc(-c4cncnc4)cnc23)C1. The van der Waals surface area contributed by atoms with Gasteiger partial charge in [-0.2, -0.15) is 13.2 Å². The quantitative estimate of drug-likeness (QED) is 0.147. The minimum absolute atomic E-state index is 0.0499. The number of ether oxygens (including phenoxy) is 2. The Hall–Kier alpha value is -5.08. The molecule has 1 amide bonds. The third-order valence-corrected chi connectivity index (χ3v) is 7.76. The highest BCUT2D eigenvalue weighted by Gasteiger charge is 2.45. The van der Waals surface area contributed by atoms with Gasteiger partial charge in [0.2, 0.25) is 5.88 Å². The first kappa shape index (κ1) is 36.2. The molecule has 1 N–H and O–H groups in total. The molecular formula is C35H39F3N6O6. The van der Waals surface area contributed by atoms with E-state index in [0.29, 0.717) is 22.4 Å². The number of esters is 1. The van der Waals surface area contributed by atoms with Crippen LogP contribution >= 0.6 is 0 Å². The molecule has 0 aromatic carbocycles. The lowest BCUT2D eigenvalue weighted by atomic mass is 9.86. The molecule has 1 saturated heterocycles. The van der Waals surface area contributed by atoms with E-state index in [1.807, 2.05) is 0 Å². The van der Waals surface area contributed by atoms with Gasteiger partial charge in [0.1, 0.15) is 28.6 Å². The maximum atomic E-state index is 14.2. The number of pyridine rings is 2. The summed E-state index contributed by atoms with van der Waals surface area (Å²) in [5, 5.41) is 2.51. The number of furan rings is 1. The molecule has 266 valence electrons. The number of Topliss-reactive ketones (excluding diaryl/α,β-unsaturated/α-hetero) is 1. The molecule has 15 heteroatoms. The number of hydrogen-bond acceptors (Lipinski definition) is 11. The number of hydrogen-bond donors (Lipinski definition) is 1. The zero-order chi connectivity index (χ0) is 36.4. The van der Waals surface area contributed by atoms with E-state index >= 15 is 0 Å². The molecule has 0 aliphatic carbocycles. The molecule has 0 bridgehead atoms. The molecule has 1 fully saturated rings. The number of nitrogens with zero attached hydrogens (tertiary/aromatic N) is 5. The first-order valence-corrected chi connectivity index (χ1v) is 16.0. The summed E-state index contributed by atoms with van der Waals surface area (Å²) in [7, 11) is 0. The van der Waals surface area contributed by atoms with Gasteiger partial charge in [0.05, 0.1) is 12.3 Å². The molecule has 5 heterocycles. The fourth-order valence-corrected chi connectivity index (χ4v) is 5.86. The second kappa shape index (κ2) is 14.0. The van der Waals surface area contributed by atoms with E-state index in [0.717, 1.165) is 0 Å². The molecule has 1 aliphatic heterocycles. The number of halogens is 3. The molecule has 1 aliphatic rings. The number of alkyl halides is 3. The second-order valence-electron chi connectivity index (χ2n) is 14.3. The van der Waals surface area contributed by atoms with Crippen LogP contribution in [0.5, 0.6) is 0 Å². The van der Waals surface area contributed by atoms with Crippen molar-refractivity contribution in [1.82, 2.24) is 19.9 Å². The minimum Gasteiger partial charge on any atom is -0.460 e. The van der Waals surface area contributed by atoms with E-state index in [1.54, 1.807) is 71.0 Å².